The van der Waals surface area contributed by atoms with Gasteiger partial charge in [-0.25, -0.2) is 9.78 Å². The Morgan fingerprint density at radius 1 is 1.24 bits per heavy atom. The van der Waals surface area contributed by atoms with Crippen molar-refractivity contribution in [1.82, 2.24) is 24.1 Å². The summed E-state index contributed by atoms with van der Waals surface area (Å²) < 4.78 is 8.50. The fourth-order valence-corrected chi connectivity index (χ4v) is 4.39. The van der Waals surface area contributed by atoms with E-state index < -0.39 is 0 Å². The Labute approximate surface area is 192 Å². The minimum Gasteiger partial charge on any atom is -0.383 e. The number of ether oxygens (including phenoxy) is 1. The van der Waals surface area contributed by atoms with Crippen LogP contribution in [0.4, 0.5) is 11.6 Å². The van der Waals surface area contributed by atoms with Crippen LogP contribution in [0.5, 0.6) is 0 Å². The van der Waals surface area contributed by atoms with Crippen LogP contribution in [0, 0.1) is 11.8 Å². The monoisotopic (exact) mass is 453 g/mol. The molecule has 0 bridgehead atoms. The molecule has 10 heteroatoms. The minimum absolute atomic E-state index is 0.0120. The molecule has 1 aliphatic rings. The van der Waals surface area contributed by atoms with Crippen molar-refractivity contribution in [3.63, 3.8) is 0 Å². The quantitative estimate of drug-likeness (QED) is 0.556. The van der Waals surface area contributed by atoms with E-state index in [-0.39, 0.29) is 17.5 Å². The van der Waals surface area contributed by atoms with E-state index in [4.69, 9.17) is 9.72 Å². The second-order valence-corrected chi connectivity index (χ2v) is 8.69. The van der Waals surface area contributed by atoms with E-state index in [0.717, 1.165) is 31.4 Å². The lowest BCUT2D eigenvalue weighted by molar-refractivity contribution is -0.121. The van der Waals surface area contributed by atoms with Crippen LogP contribution in [0.15, 0.2) is 35.5 Å². The molecule has 3 aromatic heterocycles. The van der Waals surface area contributed by atoms with Gasteiger partial charge in [0.05, 0.1) is 12.8 Å². The van der Waals surface area contributed by atoms with Gasteiger partial charge >= 0.3 is 5.69 Å². The predicted octanol–water partition coefficient (Wildman–Crippen LogP) is 2.05. The Hall–Kier alpha value is -3.27. The molecular formula is C23H31N7O3. The number of carbonyl (C=O) groups is 1. The van der Waals surface area contributed by atoms with Gasteiger partial charge in [-0.2, -0.15) is 4.98 Å². The van der Waals surface area contributed by atoms with E-state index in [1.165, 1.54) is 0 Å². The van der Waals surface area contributed by atoms with Gasteiger partial charge in [-0.05, 0) is 43.7 Å². The summed E-state index contributed by atoms with van der Waals surface area (Å²) in [6.45, 7) is 1.81. The maximum absolute atomic E-state index is 12.9. The van der Waals surface area contributed by atoms with Crippen LogP contribution < -0.4 is 15.9 Å². The lowest BCUT2D eigenvalue weighted by Crippen LogP contribution is -2.31. The standard InChI is InChI=1S/C23H31N7O3/c1-28(12-13-33-3)22-25-14-19-20(27-22)30(23(32)29(19)2)15-16-4-6-17(7-5-16)21(31)26-18-8-10-24-11-9-18/h8-11,14,16-17H,4-7,12-13,15H2,1-3H3,(H,24,26,31). The maximum atomic E-state index is 12.9. The molecule has 3 aromatic rings. The Balaban J connectivity index is 1.44. The van der Waals surface area contributed by atoms with E-state index in [1.54, 1.807) is 54.0 Å². The number of aryl methyl sites for hydroxylation is 1. The molecule has 176 valence electrons. The van der Waals surface area contributed by atoms with Gasteiger partial charge in [-0.15, -0.1) is 0 Å². The third-order valence-corrected chi connectivity index (χ3v) is 6.45. The zero-order valence-corrected chi connectivity index (χ0v) is 19.4. The zero-order valence-electron chi connectivity index (χ0n) is 19.4. The number of nitrogens with one attached hydrogen (secondary N) is 1. The van der Waals surface area contributed by atoms with E-state index in [2.05, 4.69) is 15.3 Å². The van der Waals surface area contributed by atoms with Crippen LogP contribution in [-0.4, -0.2) is 57.3 Å². The van der Waals surface area contributed by atoms with Gasteiger partial charge in [0.15, 0.2) is 5.65 Å². The van der Waals surface area contributed by atoms with Crippen LogP contribution >= 0.6 is 0 Å². The number of fused-ring (bicyclic) bond motifs is 1. The van der Waals surface area contributed by atoms with Crippen molar-refractivity contribution in [2.24, 2.45) is 18.9 Å². The molecule has 1 aliphatic carbocycles. The summed E-state index contributed by atoms with van der Waals surface area (Å²) in [6.07, 6.45) is 8.44. The van der Waals surface area contributed by atoms with Gasteiger partial charge in [0.1, 0.15) is 5.52 Å². The van der Waals surface area contributed by atoms with Crippen LogP contribution in [-0.2, 0) is 23.1 Å². The first-order valence-electron chi connectivity index (χ1n) is 11.3. The summed E-state index contributed by atoms with van der Waals surface area (Å²) in [6, 6.07) is 3.58. The number of methoxy groups -OCH3 is 1. The van der Waals surface area contributed by atoms with Crippen LogP contribution in [0.25, 0.3) is 11.2 Å². The Kier molecular flexibility index (Phi) is 7.02. The minimum atomic E-state index is -0.0893. The van der Waals surface area contributed by atoms with Crippen molar-refractivity contribution >= 4 is 28.7 Å². The highest BCUT2D eigenvalue weighted by molar-refractivity contribution is 5.92. The number of rotatable bonds is 8. The maximum Gasteiger partial charge on any atom is 0.330 e. The summed E-state index contributed by atoms with van der Waals surface area (Å²) in [5.74, 6) is 0.929. The van der Waals surface area contributed by atoms with E-state index in [1.807, 2.05) is 11.9 Å². The first-order valence-corrected chi connectivity index (χ1v) is 11.3. The van der Waals surface area contributed by atoms with E-state index in [9.17, 15) is 9.59 Å². The van der Waals surface area contributed by atoms with Gasteiger partial charge in [0.25, 0.3) is 0 Å². The number of likely N-dealkylation sites (N-methyl/N-ethyl adjacent to an activating group) is 1. The Morgan fingerprint density at radius 2 is 1.97 bits per heavy atom. The summed E-state index contributed by atoms with van der Waals surface area (Å²) >= 11 is 0. The first kappa shape index (κ1) is 22.9. The molecule has 1 N–H and O–H groups in total. The largest absolute Gasteiger partial charge is 0.383 e. The van der Waals surface area contributed by atoms with E-state index >= 15 is 0 Å². The fourth-order valence-electron chi connectivity index (χ4n) is 4.39. The molecule has 33 heavy (non-hydrogen) atoms. The van der Waals surface area contributed by atoms with Crippen molar-refractivity contribution in [2.45, 2.75) is 32.2 Å². The number of amides is 1. The molecule has 10 nitrogen and oxygen atoms in total. The van der Waals surface area contributed by atoms with Crippen LogP contribution in [0.3, 0.4) is 0 Å². The highest BCUT2D eigenvalue weighted by Gasteiger charge is 2.28. The lowest BCUT2D eigenvalue weighted by Gasteiger charge is -2.28. The molecule has 4 rings (SSSR count). The van der Waals surface area contributed by atoms with Gasteiger partial charge in [0, 0.05) is 58.3 Å². The van der Waals surface area contributed by atoms with Gasteiger partial charge in [-0.1, -0.05) is 0 Å². The number of anilines is 2. The van der Waals surface area contributed by atoms with Crippen molar-refractivity contribution < 1.29 is 9.53 Å². The topological polar surface area (TPSA) is 107 Å². The molecule has 0 saturated heterocycles. The fraction of sp³-hybridized carbons (Fsp3) is 0.522. The molecule has 1 fully saturated rings. The number of nitrogens with zero attached hydrogens (tertiary/aromatic N) is 6. The summed E-state index contributed by atoms with van der Waals surface area (Å²) in [5, 5.41) is 2.98. The lowest BCUT2D eigenvalue weighted by atomic mass is 9.81. The number of hydrogen-bond donors (Lipinski definition) is 1. The zero-order chi connectivity index (χ0) is 23.4. The second-order valence-electron chi connectivity index (χ2n) is 8.69. The number of carbonyl (C=O) groups excluding carboxylic acids is 1. The molecule has 3 heterocycles. The molecule has 0 aliphatic heterocycles. The molecule has 0 unspecified atom stereocenters. The second kappa shape index (κ2) is 10.1. The van der Waals surface area contributed by atoms with E-state index in [0.29, 0.717) is 42.7 Å². The Bertz CT molecular complexity index is 1150. The predicted molar refractivity (Wildman–Crippen MR) is 126 cm³/mol. The third kappa shape index (κ3) is 5.05. The average Bonchev–Trinajstić information content (AvgIpc) is 3.07. The van der Waals surface area contributed by atoms with Crippen LogP contribution in [0.2, 0.25) is 0 Å². The van der Waals surface area contributed by atoms with Gasteiger partial charge in [0.2, 0.25) is 11.9 Å². The first-order chi connectivity index (χ1) is 16.0. The molecule has 0 atom stereocenters. The van der Waals surface area contributed by atoms with Crippen molar-refractivity contribution in [3.05, 3.63) is 41.2 Å². The average molecular weight is 454 g/mol. The number of hydrogen-bond acceptors (Lipinski definition) is 7. The smallest absolute Gasteiger partial charge is 0.330 e. The highest BCUT2D eigenvalue weighted by atomic mass is 16.5. The van der Waals surface area contributed by atoms with Crippen molar-refractivity contribution in [1.29, 1.82) is 0 Å². The highest BCUT2D eigenvalue weighted by Crippen LogP contribution is 2.31. The SMILES string of the molecule is COCCN(C)c1ncc2c(n1)n(CC1CCC(C(=O)Nc3ccncc3)CC1)c(=O)n2C. The number of pyridine rings is 1. The summed E-state index contributed by atoms with van der Waals surface area (Å²) in [5.41, 5.74) is 2.04. The summed E-state index contributed by atoms with van der Waals surface area (Å²) in [7, 11) is 5.31. The molecule has 0 radical (unpaired) electrons. The van der Waals surface area contributed by atoms with Crippen molar-refractivity contribution in [2.75, 3.05) is 37.5 Å². The van der Waals surface area contributed by atoms with Crippen molar-refractivity contribution in [3.8, 4) is 0 Å². The molecular weight excluding hydrogens is 422 g/mol. The third-order valence-electron chi connectivity index (χ3n) is 6.45. The molecule has 1 amide bonds. The molecule has 1 saturated carbocycles. The normalized spacial score (nSPS) is 18.4. The van der Waals surface area contributed by atoms with Crippen LogP contribution in [0.1, 0.15) is 25.7 Å². The summed E-state index contributed by atoms with van der Waals surface area (Å²) in [4.78, 5) is 40.6. The number of imidazole rings is 1. The van der Waals surface area contributed by atoms with Gasteiger partial charge < -0.3 is 15.0 Å². The molecule has 0 aromatic carbocycles. The Morgan fingerprint density at radius 3 is 2.67 bits per heavy atom. The molecule has 0 spiro atoms. The van der Waals surface area contributed by atoms with Gasteiger partial charge in [-0.3, -0.25) is 18.9 Å². The number of aromatic nitrogens is 5.